The van der Waals surface area contributed by atoms with Gasteiger partial charge in [-0.05, 0) is 30.2 Å². The second-order valence-electron chi connectivity index (χ2n) is 3.95. The molecule has 0 heterocycles. The second kappa shape index (κ2) is 6.01. The third-order valence-electron chi connectivity index (χ3n) is 2.49. The van der Waals surface area contributed by atoms with Gasteiger partial charge < -0.3 is 4.74 Å². The van der Waals surface area contributed by atoms with Gasteiger partial charge >= 0.3 is 12.1 Å². The number of aryl methyl sites for hydroxylation is 1. The Bertz CT molecular complexity index is 460. The topological polar surface area (TPSA) is 38.3 Å². The average Bonchev–Trinajstić information content (AvgIpc) is 2.29. The van der Waals surface area contributed by atoms with Crippen molar-refractivity contribution in [3.05, 3.63) is 35.1 Å². The highest BCUT2D eigenvalue weighted by molar-refractivity contribution is 5.78. The molecule has 1 aromatic carbocycles. The van der Waals surface area contributed by atoms with Crippen LogP contribution < -0.4 is 5.32 Å². The van der Waals surface area contributed by atoms with Crippen LogP contribution in [0.25, 0.3) is 0 Å². The van der Waals surface area contributed by atoms with Crippen LogP contribution >= 0.6 is 0 Å². The summed E-state index contributed by atoms with van der Waals surface area (Å²) < 4.78 is 54.0. The first-order valence-corrected chi connectivity index (χ1v) is 5.38. The molecule has 7 heteroatoms. The van der Waals surface area contributed by atoms with Crippen molar-refractivity contribution < 1.29 is 27.1 Å². The number of carbonyl (C=O) groups excluding carboxylic acids is 1. The van der Waals surface area contributed by atoms with Gasteiger partial charge in [0.2, 0.25) is 0 Å². The summed E-state index contributed by atoms with van der Waals surface area (Å²) in [5, 5.41) is 2.06. The maximum atomic E-state index is 13.0. The van der Waals surface area contributed by atoms with Crippen LogP contribution in [0.3, 0.4) is 0 Å². The van der Waals surface area contributed by atoms with E-state index in [4.69, 9.17) is 0 Å². The van der Waals surface area contributed by atoms with E-state index >= 15 is 0 Å². The maximum absolute atomic E-state index is 13.0. The summed E-state index contributed by atoms with van der Waals surface area (Å²) in [5.74, 6) is -1.39. The van der Waals surface area contributed by atoms with Crippen molar-refractivity contribution in [3.63, 3.8) is 0 Å². The molecule has 0 aliphatic rings. The van der Waals surface area contributed by atoms with E-state index in [-0.39, 0.29) is 5.56 Å². The first-order valence-electron chi connectivity index (χ1n) is 5.38. The van der Waals surface area contributed by atoms with Crippen molar-refractivity contribution in [1.82, 2.24) is 5.32 Å². The monoisotopic (exact) mass is 279 g/mol. The molecular weight excluding hydrogens is 266 g/mol. The van der Waals surface area contributed by atoms with Crippen molar-refractivity contribution in [1.29, 1.82) is 0 Å². The zero-order chi connectivity index (χ0) is 14.6. The van der Waals surface area contributed by atoms with Crippen molar-refractivity contribution in [2.45, 2.75) is 19.1 Å². The molecule has 0 aromatic heterocycles. The molecular formula is C12H13F4NO2. The largest absolute Gasteiger partial charge is 0.468 e. The minimum Gasteiger partial charge on any atom is -0.468 e. The maximum Gasteiger partial charge on any atom is 0.401 e. The SMILES string of the molecule is COC(=O)C(NCC(F)(F)F)c1ccc(F)cc1C. The van der Waals surface area contributed by atoms with Crippen LogP contribution in [0, 0.1) is 12.7 Å². The predicted molar refractivity (Wildman–Crippen MR) is 60.0 cm³/mol. The minimum atomic E-state index is -4.46. The van der Waals surface area contributed by atoms with Crippen molar-refractivity contribution in [2.75, 3.05) is 13.7 Å². The fourth-order valence-corrected chi connectivity index (χ4v) is 1.62. The van der Waals surface area contributed by atoms with Gasteiger partial charge in [0.1, 0.15) is 11.9 Å². The number of methoxy groups -OCH3 is 1. The summed E-state index contributed by atoms with van der Waals surface area (Å²) in [6.07, 6.45) is -4.46. The third-order valence-corrected chi connectivity index (χ3v) is 2.49. The highest BCUT2D eigenvalue weighted by Crippen LogP contribution is 2.22. The first-order chi connectivity index (χ1) is 8.74. The normalized spacial score (nSPS) is 13.2. The van der Waals surface area contributed by atoms with Crippen LogP contribution in [0.5, 0.6) is 0 Å². The zero-order valence-corrected chi connectivity index (χ0v) is 10.3. The standard InChI is InChI=1S/C12H13F4NO2/c1-7-5-8(13)3-4-9(7)10(11(18)19-2)17-6-12(14,15)16/h3-5,10,17H,6H2,1-2H3. The number of hydrogen-bond donors (Lipinski definition) is 1. The van der Waals surface area contributed by atoms with Crippen LogP contribution in [0.1, 0.15) is 17.2 Å². The number of alkyl halides is 3. The van der Waals surface area contributed by atoms with Crippen LogP contribution in [0.2, 0.25) is 0 Å². The van der Waals surface area contributed by atoms with E-state index in [1.165, 1.54) is 13.0 Å². The van der Waals surface area contributed by atoms with Crippen molar-refractivity contribution >= 4 is 5.97 Å². The van der Waals surface area contributed by atoms with Gasteiger partial charge in [0, 0.05) is 0 Å². The van der Waals surface area contributed by atoms with Gasteiger partial charge in [-0.2, -0.15) is 13.2 Å². The number of ether oxygens (including phenoxy) is 1. The summed E-state index contributed by atoms with van der Waals surface area (Å²) in [6, 6.07) is 2.19. The van der Waals surface area contributed by atoms with Gasteiger partial charge in [0.05, 0.1) is 13.7 Å². The van der Waals surface area contributed by atoms with Crippen LogP contribution in [-0.4, -0.2) is 25.8 Å². The molecule has 0 aliphatic heterocycles. The van der Waals surface area contributed by atoms with Gasteiger partial charge in [0.15, 0.2) is 0 Å². The molecule has 1 atom stereocenters. The Morgan fingerprint density at radius 2 is 2.05 bits per heavy atom. The summed E-state index contributed by atoms with van der Waals surface area (Å²) >= 11 is 0. The second-order valence-corrected chi connectivity index (χ2v) is 3.95. The van der Waals surface area contributed by atoms with Crippen LogP contribution in [0.15, 0.2) is 18.2 Å². The Labute approximate surface area is 107 Å². The molecule has 106 valence electrons. The number of carbonyl (C=O) groups is 1. The lowest BCUT2D eigenvalue weighted by atomic mass is 10.0. The van der Waals surface area contributed by atoms with Gasteiger partial charge in [-0.15, -0.1) is 0 Å². The van der Waals surface area contributed by atoms with E-state index in [9.17, 15) is 22.4 Å². The molecule has 1 N–H and O–H groups in total. The highest BCUT2D eigenvalue weighted by Gasteiger charge is 2.31. The van der Waals surface area contributed by atoms with Gasteiger partial charge in [-0.3, -0.25) is 5.32 Å². The summed E-state index contributed by atoms with van der Waals surface area (Å²) in [4.78, 5) is 11.5. The molecule has 19 heavy (non-hydrogen) atoms. The molecule has 0 bridgehead atoms. The lowest BCUT2D eigenvalue weighted by molar-refractivity contribution is -0.146. The Kier molecular flexibility index (Phi) is 4.88. The summed E-state index contributed by atoms with van der Waals surface area (Å²) in [6.45, 7) is 0.160. The molecule has 0 radical (unpaired) electrons. The molecule has 0 saturated carbocycles. The molecule has 0 fully saturated rings. The molecule has 1 rings (SSSR count). The van der Waals surface area contributed by atoms with Crippen LogP contribution in [0.4, 0.5) is 17.6 Å². The van der Waals surface area contributed by atoms with E-state index in [2.05, 4.69) is 10.1 Å². The summed E-state index contributed by atoms with van der Waals surface area (Å²) in [5.41, 5.74) is 0.613. The number of hydrogen-bond acceptors (Lipinski definition) is 3. The molecule has 0 saturated heterocycles. The van der Waals surface area contributed by atoms with Gasteiger partial charge in [-0.1, -0.05) is 6.07 Å². The third kappa shape index (κ3) is 4.51. The van der Waals surface area contributed by atoms with E-state index in [1.807, 2.05) is 0 Å². The average molecular weight is 279 g/mol. The summed E-state index contributed by atoms with van der Waals surface area (Å²) in [7, 11) is 1.07. The smallest absolute Gasteiger partial charge is 0.401 e. The molecule has 0 aliphatic carbocycles. The Balaban J connectivity index is 3.00. The zero-order valence-electron chi connectivity index (χ0n) is 10.3. The number of halogens is 4. The van der Waals surface area contributed by atoms with Crippen molar-refractivity contribution in [3.8, 4) is 0 Å². The van der Waals surface area contributed by atoms with Crippen molar-refractivity contribution in [2.24, 2.45) is 0 Å². The Morgan fingerprint density at radius 3 is 2.53 bits per heavy atom. The lowest BCUT2D eigenvalue weighted by Crippen LogP contribution is -2.37. The number of rotatable bonds is 4. The van der Waals surface area contributed by atoms with E-state index in [0.29, 0.717) is 5.56 Å². The lowest BCUT2D eigenvalue weighted by Gasteiger charge is -2.19. The van der Waals surface area contributed by atoms with Crippen LogP contribution in [-0.2, 0) is 9.53 Å². The Morgan fingerprint density at radius 1 is 1.42 bits per heavy atom. The number of esters is 1. The highest BCUT2D eigenvalue weighted by atomic mass is 19.4. The van der Waals surface area contributed by atoms with Gasteiger partial charge in [0.25, 0.3) is 0 Å². The van der Waals surface area contributed by atoms with Gasteiger partial charge in [-0.25, -0.2) is 9.18 Å². The van der Waals surface area contributed by atoms with E-state index in [0.717, 1.165) is 19.2 Å². The number of benzene rings is 1. The van der Waals surface area contributed by atoms with E-state index < -0.39 is 30.5 Å². The molecule has 1 aromatic rings. The number of nitrogens with one attached hydrogen (secondary N) is 1. The first kappa shape index (κ1) is 15.4. The molecule has 0 spiro atoms. The predicted octanol–water partition coefficient (Wildman–Crippen LogP) is 2.50. The molecule has 3 nitrogen and oxygen atoms in total. The molecule has 1 unspecified atom stereocenters. The Hall–Kier alpha value is -1.63. The minimum absolute atomic E-state index is 0.248. The fourth-order valence-electron chi connectivity index (χ4n) is 1.62. The quantitative estimate of drug-likeness (QED) is 0.680. The molecule has 0 amide bonds. The van der Waals surface area contributed by atoms with E-state index in [1.54, 1.807) is 0 Å². The fraction of sp³-hybridized carbons (Fsp3) is 0.417.